The van der Waals surface area contributed by atoms with Crippen LogP contribution in [0.1, 0.15) is 45.4 Å². The van der Waals surface area contributed by atoms with Crippen LogP contribution in [0.2, 0.25) is 0 Å². The number of nitrogens with zero attached hydrogens (tertiary/aromatic N) is 6. The second-order valence-corrected chi connectivity index (χ2v) is 9.46. The van der Waals surface area contributed by atoms with E-state index in [1.54, 1.807) is 18.6 Å². The van der Waals surface area contributed by atoms with E-state index in [9.17, 15) is 4.79 Å². The highest BCUT2D eigenvalue weighted by Gasteiger charge is 2.19. The number of rotatable bonds is 7. The van der Waals surface area contributed by atoms with Gasteiger partial charge in [0.2, 0.25) is 5.91 Å². The molecule has 188 valence electrons. The van der Waals surface area contributed by atoms with Crippen LogP contribution in [0.15, 0.2) is 43.0 Å². The number of carbonyl (C=O) groups excluding carboxylic acids is 1. The lowest BCUT2D eigenvalue weighted by Crippen LogP contribution is -2.29. The van der Waals surface area contributed by atoms with E-state index in [0.717, 1.165) is 59.3 Å². The molecule has 0 aliphatic carbocycles. The van der Waals surface area contributed by atoms with Crippen LogP contribution in [0, 0.1) is 0 Å². The first-order valence-corrected chi connectivity index (χ1v) is 12.9. The monoisotopic (exact) mass is 495 g/mol. The fourth-order valence-corrected chi connectivity index (χ4v) is 4.87. The Morgan fingerprint density at radius 3 is 2.86 bits per heavy atom. The van der Waals surface area contributed by atoms with E-state index in [4.69, 9.17) is 4.98 Å². The maximum atomic E-state index is 12.2. The number of piperidine rings is 1. The minimum Gasteiger partial charge on any atom is -0.370 e. The van der Waals surface area contributed by atoms with Crippen molar-refractivity contribution < 1.29 is 4.79 Å². The van der Waals surface area contributed by atoms with Crippen LogP contribution in [-0.4, -0.2) is 54.1 Å². The van der Waals surface area contributed by atoms with Gasteiger partial charge in [-0.25, -0.2) is 9.97 Å². The van der Waals surface area contributed by atoms with Crippen molar-refractivity contribution in [2.75, 3.05) is 23.3 Å². The molecule has 0 radical (unpaired) electrons. The Labute approximate surface area is 214 Å². The Morgan fingerprint density at radius 1 is 1.11 bits per heavy atom. The largest absolute Gasteiger partial charge is 0.370 e. The zero-order valence-electron chi connectivity index (χ0n) is 20.8. The van der Waals surface area contributed by atoms with E-state index in [0.29, 0.717) is 29.3 Å². The summed E-state index contributed by atoms with van der Waals surface area (Å²) >= 11 is 0. The first-order chi connectivity index (χ1) is 18.2. The number of H-pyrrole nitrogens is 2. The van der Waals surface area contributed by atoms with Crippen molar-refractivity contribution in [3.8, 4) is 22.8 Å². The topological polar surface area (TPSA) is 128 Å². The second kappa shape index (κ2) is 9.96. The van der Waals surface area contributed by atoms with Gasteiger partial charge in [0.15, 0.2) is 11.5 Å². The van der Waals surface area contributed by atoms with Crippen LogP contribution in [0.4, 0.5) is 11.4 Å². The first kappa shape index (κ1) is 23.1. The molecule has 0 spiro atoms. The van der Waals surface area contributed by atoms with E-state index in [2.05, 4.69) is 53.3 Å². The average Bonchev–Trinajstić information content (AvgIpc) is 3.56. The van der Waals surface area contributed by atoms with Gasteiger partial charge in [-0.15, -0.1) is 0 Å². The number of imidazole rings is 1. The molecule has 0 atom stereocenters. The number of hydrogen-bond donors (Lipinski definition) is 3. The number of amides is 1. The highest BCUT2D eigenvalue weighted by Crippen LogP contribution is 2.32. The molecule has 37 heavy (non-hydrogen) atoms. The number of fused-ring (bicyclic) bond motifs is 2. The summed E-state index contributed by atoms with van der Waals surface area (Å²) in [6, 6.07) is 5.92. The summed E-state index contributed by atoms with van der Waals surface area (Å²) < 4.78 is 0. The predicted octanol–water partition coefficient (Wildman–Crippen LogP) is 5.08. The zero-order chi connectivity index (χ0) is 25.2. The van der Waals surface area contributed by atoms with Crippen LogP contribution in [0.5, 0.6) is 0 Å². The van der Waals surface area contributed by atoms with E-state index in [1.165, 1.54) is 19.3 Å². The highest BCUT2D eigenvalue weighted by molar-refractivity contribution is 5.96. The summed E-state index contributed by atoms with van der Waals surface area (Å²) in [6.07, 6.45) is 13.0. The predicted molar refractivity (Wildman–Crippen MR) is 144 cm³/mol. The SMILES string of the molecule is CCCCC(=O)Nc1cncc(-c2cc3c(-c4nc5nccc(N6CCCCC6)c5[nH]4)n[nH]c3cn2)c1. The lowest BCUT2D eigenvalue weighted by atomic mass is 10.1. The molecule has 10 heteroatoms. The molecule has 1 saturated heterocycles. The average molecular weight is 496 g/mol. The van der Waals surface area contributed by atoms with Gasteiger partial charge in [0.05, 0.1) is 35.0 Å². The maximum Gasteiger partial charge on any atom is 0.224 e. The van der Waals surface area contributed by atoms with Crippen molar-refractivity contribution in [3.63, 3.8) is 0 Å². The van der Waals surface area contributed by atoms with Crippen LogP contribution < -0.4 is 10.2 Å². The molecule has 10 nitrogen and oxygen atoms in total. The maximum absolute atomic E-state index is 12.2. The van der Waals surface area contributed by atoms with Crippen molar-refractivity contribution in [3.05, 3.63) is 43.0 Å². The van der Waals surface area contributed by atoms with Gasteiger partial charge in [-0.3, -0.25) is 19.9 Å². The van der Waals surface area contributed by atoms with Crippen molar-refractivity contribution in [2.45, 2.75) is 45.4 Å². The number of aromatic amines is 2. The van der Waals surface area contributed by atoms with Gasteiger partial charge < -0.3 is 15.2 Å². The third-order valence-electron chi connectivity index (χ3n) is 6.81. The summed E-state index contributed by atoms with van der Waals surface area (Å²) in [7, 11) is 0. The number of aromatic nitrogens is 7. The number of hydrogen-bond acceptors (Lipinski definition) is 7. The molecule has 0 unspecified atom stereocenters. The summed E-state index contributed by atoms with van der Waals surface area (Å²) in [4.78, 5) is 36.3. The molecule has 1 amide bonds. The van der Waals surface area contributed by atoms with E-state index in [-0.39, 0.29) is 5.91 Å². The standard InChI is InChI=1S/C27H29N9O/c1-2-3-7-23(37)31-18-12-17(14-28-15-18)20-13-19-21(16-30-20)34-35-24(19)27-32-25-22(8-9-29-26(25)33-27)36-10-5-4-6-11-36/h8-9,12-16H,2-7,10-11H2,1H3,(H,31,37)(H,34,35)(H,29,32,33). The van der Waals surface area contributed by atoms with Crippen molar-refractivity contribution in [1.29, 1.82) is 0 Å². The molecule has 1 fully saturated rings. The molecule has 5 aromatic heterocycles. The lowest BCUT2D eigenvalue weighted by molar-refractivity contribution is -0.116. The molecule has 0 aromatic carbocycles. The summed E-state index contributed by atoms with van der Waals surface area (Å²) in [5, 5.41) is 11.4. The second-order valence-electron chi connectivity index (χ2n) is 9.46. The van der Waals surface area contributed by atoms with Crippen molar-refractivity contribution in [1.82, 2.24) is 35.1 Å². The Balaban J connectivity index is 1.34. The number of carbonyl (C=O) groups is 1. The van der Waals surface area contributed by atoms with Crippen LogP contribution >= 0.6 is 0 Å². The molecule has 6 rings (SSSR count). The normalized spacial score (nSPS) is 13.9. The van der Waals surface area contributed by atoms with Crippen molar-refractivity contribution in [2.24, 2.45) is 0 Å². The van der Waals surface area contributed by atoms with Gasteiger partial charge in [-0.05, 0) is 43.9 Å². The van der Waals surface area contributed by atoms with E-state index in [1.807, 2.05) is 18.3 Å². The number of anilines is 2. The minimum absolute atomic E-state index is 0.0104. The molecule has 3 N–H and O–H groups in total. The number of pyridine rings is 3. The molecule has 6 heterocycles. The van der Waals surface area contributed by atoms with Crippen LogP contribution in [0.25, 0.3) is 44.8 Å². The zero-order valence-corrected chi connectivity index (χ0v) is 20.8. The van der Waals surface area contributed by atoms with Crippen molar-refractivity contribution >= 4 is 39.3 Å². The number of nitrogens with one attached hydrogen (secondary N) is 3. The first-order valence-electron chi connectivity index (χ1n) is 12.9. The summed E-state index contributed by atoms with van der Waals surface area (Å²) in [5.74, 6) is 0.647. The minimum atomic E-state index is -0.0104. The smallest absolute Gasteiger partial charge is 0.224 e. The van der Waals surface area contributed by atoms with Crippen LogP contribution in [0.3, 0.4) is 0 Å². The van der Waals surface area contributed by atoms with Gasteiger partial charge in [-0.1, -0.05) is 13.3 Å². The Morgan fingerprint density at radius 2 is 2.00 bits per heavy atom. The third kappa shape index (κ3) is 4.62. The molecular weight excluding hydrogens is 466 g/mol. The molecular formula is C27H29N9O. The molecule has 1 aliphatic heterocycles. The van der Waals surface area contributed by atoms with Gasteiger partial charge in [0.25, 0.3) is 0 Å². The number of unbranched alkanes of at least 4 members (excludes halogenated alkanes) is 1. The van der Waals surface area contributed by atoms with Crippen LogP contribution in [-0.2, 0) is 4.79 Å². The quantitative estimate of drug-likeness (QED) is 0.287. The van der Waals surface area contributed by atoms with E-state index >= 15 is 0 Å². The summed E-state index contributed by atoms with van der Waals surface area (Å²) in [6.45, 7) is 4.15. The Hall–Kier alpha value is -4.34. The Kier molecular flexibility index (Phi) is 6.21. The fourth-order valence-electron chi connectivity index (χ4n) is 4.87. The van der Waals surface area contributed by atoms with Gasteiger partial charge >= 0.3 is 0 Å². The summed E-state index contributed by atoms with van der Waals surface area (Å²) in [5.41, 5.74) is 6.45. The van der Waals surface area contributed by atoms with Gasteiger partial charge in [0, 0.05) is 42.9 Å². The highest BCUT2D eigenvalue weighted by atomic mass is 16.1. The molecule has 1 aliphatic rings. The lowest BCUT2D eigenvalue weighted by Gasteiger charge is -2.28. The Bertz CT molecular complexity index is 1570. The molecule has 0 bridgehead atoms. The molecule has 5 aromatic rings. The fraction of sp³-hybridized carbons (Fsp3) is 0.333. The van der Waals surface area contributed by atoms with Gasteiger partial charge in [0.1, 0.15) is 11.2 Å². The molecule has 0 saturated carbocycles. The van der Waals surface area contributed by atoms with Gasteiger partial charge in [-0.2, -0.15) is 5.10 Å². The van der Waals surface area contributed by atoms with E-state index < -0.39 is 0 Å². The third-order valence-corrected chi connectivity index (χ3v) is 6.81.